The minimum atomic E-state index is 0.166. The fourth-order valence-corrected chi connectivity index (χ4v) is 2.35. The first-order valence-electron chi connectivity index (χ1n) is 6.04. The molecule has 0 saturated carbocycles. The van der Waals surface area contributed by atoms with Crippen molar-refractivity contribution in [2.75, 3.05) is 11.9 Å². The van der Waals surface area contributed by atoms with Gasteiger partial charge in [0.1, 0.15) is 0 Å². The molecule has 0 aliphatic carbocycles. The van der Waals surface area contributed by atoms with E-state index in [0.717, 1.165) is 25.3 Å². The van der Waals surface area contributed by atoms with Gasteiger partial charge >= 0.3 is 0 Å². The van der Waals surface area contributed by atoms with E-state index in [-0.39, 0.29) is 11.9 Å². The molecule has 1 aromatic rings. The van der Waals surface area contributed by atoms with Crippen LogP contribution in [0.4, 0.5) is 5.69 Å². The van der Waals surface area contributed by atoms with Gasteiger partial charge < -0.3 is 15.4 Å². The third kappa shape index (κ3) is 2.26. The van der Waals surface area contributed by atoms with Crippen LogP contribution < -0.4 is 10.6 Å². The van der Waals surface area contributed by atoms with Gasteiger partial charge in [0.15, 0.2) is 0 Å². The van der Waals surface area contributed by atoms with E-state index in [1.54, 1.807) is 0 Å². The Morgan fingerprint density at radius 3 is 3.06 bits per heavy atom. The Balaban J connectivity index is 1.60. The predicted octanol–water partition coefficient (Wildman–Crippen LogP) is 1.41. The zero-order chi connectivity index (χ0) is 11.7. The SMILES string of the molecule is O=C1CCC(CNc2ccc3c(c2)COC3)N1. The number of anilines is 1. The van der Waals surface area contributed by atoms with Gasteiger partial charge in [-0.3, -0.25) is 4.79 Å². The van der Waals surface area contributed by atoms with Crippen molar-refractivity contribution in [3.8, 4) is 0 Å². The number of hydrogen-bond donors (Lipinski definition) is 2. The van der Waals surface area contributed by atoms with Crippen molar-refractivity contribution in [2.45, 2.75) is 32.1 Å². The van der Waals surface area contributed by atoms with E-state index in [9.17, 15) is 4.79 Å². The predicted molar refractivity (Wildman–Crippen MR) is 64.6 cm³/mol. The maximum atomic E-state index is 11.1. The van der Waals surface area contributed by atoms with Crippen molar-refractivity contribution in [1.82, 2.24) is 5.32 Å². The molecule has 1 amide bonds. The topological polar surface area (TPSA) is 50.4 Å². The van der Waals surface area contributed by atoms with Gasteiger partial charge in [-0.25, -0.2) is 0 Å². The van der Waals surface area contributed by atoms with Gasteiger partial charge in [0, 0.05) is 24.7 Å². The molecule has 2 heterocycles. The molecule has 0 spiro atoms. The van der Waals surface area contributed by atoms with E-state index in [4.69, 9.17) is 4.74 Å². The van der Waals surface area contributed by atoms with Crippen molar-refractivity contribution in [2.24, 2.45) is 0 Å². The minimum Gasteiger partial charge on any atom is -0.383 e. The van der Waals surface area contributed by atoms with E-state index < -0.39 is 0 Å². The molecule has 3 rings (SSSR count). The number of benzene rings is 1. The van der Waals surface area contributed by atoms with Gasteiger partial charge in [-0.2, -0.15) is 0 Å². The lowest BCUT2D eigenvalue weighted by Gasteiger charge is -2.13. The summed E-state index contributed by atoms with van der Waals surface area (Å²) in [6.45, 7) is 2.24. The monoisotopic (exact) mass is 232 g/mol. The molecule has 1 fully saturated rings. The van der Waals surface area contributed by atoms with Gasteiger partial charge in [-0.15, -0.1) is 0 Å². The number of amides is 1. The number of carbonyl (C=O) groups excluding carboxylic acids is 1. The molecular weight excluding hydrogens is 216 g/mol. The Labute approximate surface area is 100 Å². The second-order valence-corrected chi connectivity index (χ2v) is 4.66. The van der Waals surface area contributed by atoms with E-state index in [1.165, 1.54) is 11.1 Å². The maximum Gasteiger partial charge on any atom is 0.220 e. The Morgan fingerprint density at radius 1 is 1.35 bits per heavy atom. The molecule has 2 aliphatic rings. The summed E-state index contributed by atoms with van der Waals surface area (Å²) in [5.74, 6) is 0.166. The molecule has 17 heavy (non-hydrogen) atoms. The summed E-state index contributed by atoms with van der Waals surface area (Å²) in [7, 11) is 0. The normalized spacial score (nSPS) is 22.4. The van der Waals surface area contributed by atoms with Crippen molar-refractivity contribution in [3.63, 3.8) is 0 Å². The van der Waals surface area contributed by atoms with Crippen LogP contribution in [0.5, 0.6) is 0 Å². The average molecular weight is 232 g/mol. The van der Waals surface area contributed by atoms with Gasteiger partial charge in [-0.1, -0.05) is 6.07 Å². The lowest BCUT2D eigenvalue weighted by Crippen LogP contribution is -2.31. The van der Waals surface area contributed by atoms with E-state index >= 15 is 0 Å². The highest BCUT2D eigenvalue weighted by molar-refractivity contribution is 5.78. The number of nitrogens with one attached hydrogen (secondary N) is 2. The van der Waals surface area contributed by atoms with E-state index in [1.807, 2.05) is 0 Å². The Hall–Kier alpha value is -1.55. The summed E-state index contributed by atoms with van der Waals surface area (Å²) in [6.07, 6.45) is 1.59. The highest BCUT2D eigenvalue weighted by atomic mass is 16.5. The quantitative estimate of drug-likeness (QED) is 0.828. The molecule has 2 aliphatic heterocycles. The lowest BCUT2D eigenvalue weighted by molar-refractivity contribution is -0.119. The highest BCUT2D eigenvalue weighted by Crippen LogP contribution is 2.23. The molecule has 4 heteroatoms. The Morgan fingerprint density at radius 2 is 2.24 bits per heavy atom. The summed E-state index contributed by atoms with van der Waals surface area (Å²) in [4.78, 5) is 11.1. The maximum absolute atomic E-state index is 11.1. The second kappa shape index (κ2) is 4.37. The van der Waals surface area contributed by atoms with Gasteiger partial charge in [0.2, 0.25) is 5.91 Å². The van der Waals surface area contributed by atoms with E-state index in [0.29, 0.717) is 13.0 Å². The van der Waals surface area contributed by atoms with Crippen molar-refractivity contribution < 1.29 is 9.53 Å². The molecule has 1 unspecified atom stereocenters. The molecule has 0 bridgehead atoms. The summed E-state index contributed by atoms with van der Waals surface area (Å²) >= 11 is 0. The minimum absolute atomic E-state index is 0.166. The first-order chi connectivity index (χ1) is 8.31. The number of carbonyl (C=O) groups is 1. The summed E-state index contributed by atoms with van der Waals surface area (Å²) < 4.78 is 5.38. The van der Waals surface area contributed by atoms with Crippen LogP contribution in [0.15, 0.2) is 18.2 Å². The van der Waals surface area contributed by atoms with Crippen LogP contribution >= 0.6 is 0 Å². The zero-order valence-corrected chi connectivity index (χ0v) is 9.66. The number of rotatable bonds is 3. The Kier molecular flexibility index (Phi) is 2.73. The first kappa shape index (κ1) is 10.6. The highest BCUT2D eigenvalue weighted by Gasteiger charge is 2.20. The van der Waals surface area contributed by atoms with Gasteiger partial charge in [0.05, 0.1) is 13.2 Å². The van der Waals surface area contributed by atoms with Crippen LogP contribution in [-0.2, 0) is 22.7 Å². The number of fused-ring (bicyclic) bond motifs is 1. The molecule has 1 saturated heterocycles. The van der Waals surface area contributed by atoms with Gasteiger partial charge in [0.25, 0.3) is 0 Å². The molecule has 4 nitrogen and oxygen atoms in total. The average Bonchev–Trinajstić information content (AvgIpc) is 2.94. The smallest absolute Gasteiger partial charge is 0.220 e. The van der Waals surface area contributed by atoms with Crippen LogP contribution in [0, 0.1) is 0 Å². The van der Waals surface area contributed by atoms with Crippen LogP contribution in [0.3, 0.4) is 0 Å². The largest absolute Gasteiger partial charge is 0.383 e. The molecule has 2 N–H and O–H groups in total. The summed E-state index contributed by atoms with van der Waals surface area (Å²) in [6, 6.07) is 6.59. The van der Waals surface area contributed by atoms with Crippen LogP contribution in [0.2, 0.25) is 0 Å². The van der Waals surface area contributed by atoms with Crippen LogP contribution in [-0.4, -0.2) is 18.5 Å². The summed E-state index contributed by atoms with van der Waals surface area (Å²) in [5, 5.41) is 6.32. The molecule has 1 atom stereocenters. The van der Waals surface area contributed by atoms with Crippen LogP contribution in [0.1, 0.15) is 24.0 Å². The summed E-state index contributed by atoms with van der Waals surface area (Å²) in [5.41, 5.74) is 3.66. The zero-order valence-electron chi connectivity index (χ0n) is 9.66. The number of hydrogen-bond acceptors (Lipinski definition) is 3. The fraction of sp³-hybridized carbons (Fsp3) is 0.462. The van der Waals surface area contributed by atoms with Crippen LogP contribution in [0.25, 0.3) is 0 Å². The lowest BCUT2D eigenvalue weighted by atomic mass is 10.1. The van der Waals surface area contributed by atoms with E-state index in [2.05, 4.69) is 28.8 Å². The van der Waals surface area contributed by atoms with Crippen molar-refractivity contribution in [3.05, 3.63) is 29.3 Å². The molecule has 90 valence electrons. The Bertz CT molecular complexity index is 445. The van der Waals surface area contributed by atoms with Crippen molar-refractivity contribution in [1.29, 1.82) is 0 Å². The van der Waals surface area contributed by atoms with Crippen molar-refractivity contribution >= 4 is 11.6 Å². The third-order valence-corrected chi connectivity index (χ3v) is 3.36. The van der Waals surface area contributed by atoms with Gasteiger partial charge in [-0.05, 0) is 29.7 Å². The third-order valence-electron chi connectivity index (χ3n) is 3.36. The molecule has 1 aromatic carbocycles. The standard InChI is InChI=1S/C13H16N2O2/c16-13-4-3-12(15-13)6-14-11-2-1-9-7-17-8-10(9)5-11/h1-2,5,12,14H,3-4,6-8H2,(H,15,16). The molecule has 0 aromatic heterocycles. The first-order valence-corrected chi connectivity index (χ1v) is 6.04. The second-order valence-electron chi connectivity index (χ2n) is 4.66. The molecule has 0 radical (unpaired) electrons. The molecular formula is C13H16N2O2. The fourth-order valence-electron chi connectivity index (χ4n) is 2.35. The number of ether oxygens (including phenoxy) is 1.